The number of amides is 1. The van der Waals surface area contributed by atoms with Gasteiger partial charge in [-0.25, -0.2) is 4.79 Å². The number of methoxy groups -OCH3 is 1. The number of benzene rings is 2. The molecule has 7 heteroatoms. The SMILES string of the molecule is COc1ccc(C(=O)Oc2ccc(/C=C3\SC(=N)NC3=O)cc2)cc1. The molecule has 0 aromatic heterocycles. The molecule has 0 spiro atoms. The number of amidine groups is 1. The highest BCUT2D eigenvalue weighted by molar-refractivity contribution is 8.18. The lowest BCUT2D eigenvalue weighted by molar-refractivity contribution is -0.115. The first kappa shape index (κ1) is 16.8. The van der Waals surface area contributed by atoms with E-state index in [0.29, 0.717) is 22.0 Å². The molecule has 3 rings (SSSR count). The van der Waals surface area contributed by atoms with Crippen LogP contribution in [-0.2, 0) is 4.79 Å². The van der Waals surface area contributed by atoms with Crippen molar-refractivity contribution in [3.63, 3.8) is 0 Å². The number of hydrogen-bond acceptors (Lipinski definition) is 6. The number of carbonyl (C=O) groups is 2. The van der Waals surface area contributed by atoms with Gasteiger partial charge in [-0.1, -0.05) is 12.1 Å². The molecule has 126 valence electrons. The molecule has 2 aromatic carbocycles. The number of esters is 1. The molecule has 0 atom stereocenters. The molecular formula is C18H14N2O4S. The van der Waals surface area contributed by atoms with Crippen LogP contribution in [0.5, 0.6) is 11.5 Å². The Bertz CT molecular complexity index is 858. The summed E-state index contributed by atoms with van der Waals surface area (Å²) in [7, 11) is 1.56. The zero-order valence-electron chi connectivity index (χ0n) is 13.2. The lowest BCUT2D eigenvalue weighted by Gasteiger charge is -2.05. The van der Waals surface area contributed by atoms with Crippen LogP contribution in [0.1, 0.15) is 15.9 Å². The van der Waals surface area contributed by atoms with Crippen molar-refractivity contribution in [1.82, 2.24) is 5.32 Å². The van der Waals surface area contributed by atoms with Gasteiger partial charge in [-0.15, -0.1) is 0 Å². The van der Waals surface area contributed by atoms with Gasteiger partial charge in [0.25, 0.3) is 5.91 Å². The van der Waals surface area contributed by atoms with Gasteiger partial charge in [0.2, 0.25) is 0 Å². The van der Waals surface area contributed by atoms with E-state index in [9.17, 15) is 9.59 Å². The Morgan fingerprint density at radius 1 is 1.08 bits per heavy atom. The fourth-order valence-corrected chi connectivity index (χ4v) is 2.82. The summed E-state index contributed by atoms with van der Waals surface area (Å²) in [4.78, 5) is 24.1. The van der Waals surface area contributed by atoms with Crippen molar-refractivity contribution in [1.29, 1.82) is 5.41 Å². The van der Waals surface area contributed by atoms with Gasteiger partial charge in [-0.2, -0.15) is 0 Å². The topological polar surface area (TPSA) is 88.5 Å². The minimum atomic E-state index is -0.465. The first-order chi connectivity index (χ1) is 12.0. The van der Waals surface area contributed by atoms with Gasteiger partial charge in [0.1, 0.15) is 11.5 Å². The number of ether oxygens (including phenoxy) is 2. The molecule has 1 aliphatic heterocycles. The van der Waals surface area contributed by atoms with Crippen LogP contribution >= 0.6 is 11.8 Å². The second-order valence-corrected chi connectivity index (χ2v) is 6.13. The van der Waals surface area contributed by atoms with Crippen LogP contribution in [-0.4, -0.2) is 24.2 Å². The van der Waals surface area contributed by atoms with Crippen LogP contribution in [0.15, 0.2) is 53.4 Å². The van der Waals surface area contributed by atoms with E-state index in [-0.39, 0.29) is 11.1 Å². The van der Waals surface area contributed by atoms with Crippen molar-refractivity contribution >= 4 is 34.9 Å². The van der Waals surface area contributed by atoms with Crippen molar-refractivity contribution in [2.75, 3.05) is 7.11 Å². The summed E-state index contributed by atoms with van der Waals surface area (Å²) in [5, 5.41) is 9.94. The number of hydrogen-bond donors (Lipinski definition) is 2. The predicted octanol–water partition coefficient (Wildman–Crippen LogP) is 3.05. The number of carbonyl (C=O) groups excluding carboxylic acids is 2. The summed E-state index contributed by atoms with van der Waals surface area (Å²) in [6, 6.07) is 13.4. The number of rotatable bonds is 4. The van der Waals surface area contributed by atoms with Gasteiger partial charge < -0.3 is 14.8 Å². The van der Waals surface area contributed by atoms with E-state index < -0.39 is 5.97 Å². The molecule has 0 aliphatic carbocycles. The monoisotopic (exact) mass is 354 g/mol. The van der Waals surface area contributed by atoms with Crippen molar-refractivity contribution < 1.29 is 19.1 Å². The zero-order valence-corrected chi connectivity index (χ0v) is 14.1. The Morgan fingerprint density at radius 3 is 2.28 bits per heavy atom. The predicted molar refractivity (Wildman–Crippen MR) is 95.8 cm³/mol. The minimum absolute atomic E-state index is 0.112. The fourth-order valence-electron chi connectivity index (χ4n) is 2.12. The third-order valence-corrected chi connectivity index (χ3v) is 4.21. The maximum Gasteiger partial charge on any atom is 0.343 e. The highest BCUT2D eigenvalue weighted by Gasteiger charge is 2.22. The molecule has 1 amide bonds. The average molecular weight is 354 g/mol. The van der Waals surface area contributed by atoms with Crippen LogP contribution < -0.4 is 14.8 Å². The summed E-state index contributed by atoms with van der Waals surface area (Å²) < 4.78 is 10.4. The summed E-state index contributed by atoms with van der Waals surface area (Å²) in [5.74, 6) is 0.313. The molecule has 6 nitrogen and oxygen atoms in total. The van der Waals surface area contributed by atoms with Crippen molar-refractivity contribution in [2.45, 2.75) is 0 Å². The van der Waals surface area contributed by atoms with Crippen LogP contribution in [0.3, 0.4) is 0 Å². The molecule has 0 unspecified atom stereocenters. The van der Waals surface area contributed by atoms with E-state index in [1.54, 1.807) is 61.7 Å². The van der Waals surface area contributed by atoms with Crippen LogP contribution in [0.2, 0.25) is 0 Å². The molecule has 1 aliphatic rings. The van der Waals surface area contributed by atoms with Crippen molar-refractivity contribution in [2.24, 2.45) is 0 Å². The Labute approximate surface area is 148 Å². The molecule has 1 fully saturated rings. The fraction of sp³-hybridized carbons (Fsp3) is 0.0556. The molecule has 2 aromatic rings. The second-order valence-electron chi connectivity index (χ2n) is 5.08. The standard InChI is InChI=1S/C18H14N2O4S/c1-23-13-8-4-12(5-9-13)17(22)24-14-6-2-11(3-7-14)10-15-16(21)20-18(19)25-15/h2-10H,1H3,(H2,19,20,21)/b15-10-. The second kappa shape index (κ2) is 7.23. The van der Waals surface area contributed by atoms with Crippen molar-refractivity contribution in [3.05, 3.63) is 64.6 Å². The van der Waals surface area contributed by atoms with Crippen LogP contribution in [0.4, 0.5) is 0 Å². The van der Waals surface area contributed by atoms with E-state index in [0.717, 1.165) is 17.3 Å². The zero-order chi connectivity index (χ0) is 17.8. The summed E-state index contributed by atoms with van der Waals surface area (Å²) in [6.07, 6.45) is 1.68. The van der Waals surface area contributed by atoms with E-state index in [1.807, 2.05) is 0 Å². The van der Waals surface area contributed by atoms with Gasteiger partial charge in [-0.3, -0.25) is 10.2 Å². The van der Waals surface area contributed by atoms with Crippen LogP contribution in [0, 0.1) is 5.41 Å². The van der Waals surface area contributed by atoms with E-state index in [2.05, 4.69) is 5.32 Å². The largest absolute Gasteiger partial charge is 0.497 e. The maximum atomic E-state index is 12.1. The Balaban J connectivity index is 1.68. The smallest absolute Gasteiger partial charge is 0.343 e. The lowest BCUT2D eigenvalue weighted by Crippen LogP contribution is -2.18. The summed E-state index contributed by atoms with van der Waals surface area (Å²) >= 11 is 1.07. The minimum Gasteiger partial charge on any atom is -0.497 e. The normalized spacial score (nSPS) is 15.2. The van der Waals surface area contributed by atoms with Crippen LogP contribution in [0.25, 0.3) is 6.08 Å². The Hall–Kier alpha value is -3.06. The first-order valence-corrected chi connectivity index (χ1v) is 8.12. The van der Waals surface area contributed by atoms with Gasteiger partial charge in [0.15, 0.2) is 5.17 Å². The summed E-state index contributed by atoms with van der Waals surface area (Å²) in [5.41, 5.74) is 1.20. The van der Waals surface area contributed by atoms with Crippen molar-refractivity contribution in [3.8, 4) is 11.5 Å². The molecule has 25 heavy (non-hydrogen) atoms. The molecule has 1 heterocycles. The van der Waals surface area contributed by atoms with Gasteiger partial charge in [0.05, 0.1) is 17.6 Å². The highest BCUT2D eigenvalue weighted by atomic mass is 32.2. The summed E-state index contributed by atoms with van der Waals surface area (Å²) in [6.45, 7) is 0. The molecule has 0 bridgehead atoms. The van der Waals surface area contributed by atoms with Gasteiger partial charge in [-0.05, 0) is 59.8 Å². The third-order valence-electron chi connectivity index (χ3n) is 3.38. The number of nitrogens with one attached hydrogen (secondary N) is 2. The molecule has 1 saturated heterocycles. The maximum absolute atomic E-state index is 12.1. The average Bonchev–Trinajstić information content (AvgIpc) is 2.94. The molecule has 0 saturated carbocycles. The Kier molecular flexibility index (Phi) is 4.85. The van der Waals surface area contributed by atoms with E-state index >= 15 is 0 Å². The molecule has 0 radical (unpaired) electrons. The van der Waals surface area contributed by atoms with Gasteiger partial charge in [0, 0.05) is 0 Å². The van der Waals surface area contributed by atoms with E-state index in [4.69, 9.17) is 14.9 Å². The quantitative estimate of drug-likeness (QED) is 0.500. The molecular weight excluding hydrogens is 340 g/mol. The van der Waals surface area contributed by atoms with Gasteiger partial charge >= 0.3 is 5.97 Å². The number of thioether (sulfide) groups is 1. The van der Waals surface area contributed by atoms with E-state index in [1.165, 1.54) is 0 Å². The third kappa shape index (κ3) is 4.07. The highest BCUT2D eigenvalue weighted by Crippen LogP contribution is 2.25. The first-order valence-electron chi connectivity index (χ1n) is 7.31. The Morgan fingerprint density at radius 2 is 1.72 bits per heavy atom. The molecule has 2 N–H and O–H groups in total. The lowest BCUT2D eigenvalue weighted by atomic mass is 10.2.